The SMILES string of the molecule is Cc1ncsc1CN1CCOCC1CC1CCC1. The van der Waals surface area contributed by atoms with Gasteiger partial charge in [0.1, 0.15) is 0 Å². The summed E-state index contributed by atoms with van der Waals surface area (Å²) >= 11 is 1.79. The molecule has 0 aromatic carbocycles. The molecule has 2 fully saturated rings. The molecule has 2 aliphatic rings. The highest BCUT2D eigenvalue weighted by Gasteiger charge is 2.29. The number of ether oxygens (including phenoxy) is 1. The summed E-state index contributed by atoms with van der Waals surface area (Å²) in [5.41, 5.74) is 3.17. The molecule has 1 saturated heterocycles. The highest BCUT2D eigenvalue weighted by Crippen LogP contribution is 2.33. The van der Waals surface area contributed by atoms with Gasteiger partial charge in [0.25, 0.3) is 0 Å². The minimum atomic E-state index is 0.630. The number of aryl methyl sites for hydroxylation is 1. The van der Waals surface area contributed by atoms with Gasteiger partial charge in [-0.15, -0.1) is 11.3 Å². The van der Waals surface area contributed by atoms with E-state index in [4.69, 9.17) is 4.74 Å². The molecule has 2 heterocycles. The third-order valence-corrected chi connectivity index (χ3v) is 5.29. The standard InChI is InChI=1S/C14H22N2OS/c1-11-14(18-10-15-11)8-16-5-6-17-9-13(16)7-12-3-2-4-12/h10,12-13H,2-9H2,1H3. The van der Waals surface area contributed by atoms with Crippen LogP contribution in [-0.2, 0) is 11.3 Å². The molecule has 1 atom stereocenters. The summed E-state index contributed by atoms with van der Waals surface area (Å²) in [7, 11) is 0. The Hall–Kier alpha value is -0.450. The molecule has 100 valence electrons. The minimum absolute atomic E-state index is 0.630. The van der Waals surface area contributed by atoms with Crippen LogP contribution in [0, 0.1) is 12.8 Å². The van der Waals surface area contributed by atoms with Crippen LogP contribution >= 0.6 is 11.3 Å². The lowest BCUT2D eigenvalue weighted by Gasteiger charge is -2.39. The van der Waals surface area contributed by atoms with Crippen molar-refractivity contribution in [3.63, 3.8) is 0 Å². The van der Waals surface area contributed by atoms with Crippen molar-refractivity contribution < 1.29 is 4.74 Å². The van der Waals surface area contributed by atoms with Gasteiger partial charge in [0.15, 0.2) is 0 Å². The van der Waals surface area contributed by atoms with Crippen molar-refractivity contribution in [1.82, 2.24) is 9.88 Å². The predicted molar refractivity (Wildman–Crippen MR) is 73.8 cm³/mol. The number of morpholine rings is 1. The third kappa shape index (κ3) is 2.76. The van der Waals surface area contributed by atoms with E-state index in [0.29, 0.717) is 6.04 Å². The molecule has 0 radical (unpaired) electrons. The molecule has 1 aliphatic carbocycles. The first kappa shape index (κ1) is 12.6. The van der Waals surface area contributed by atoms with Crippen LogP contribution in [0.2, 0.25) is 0 Å². The largest absolute Gasteiger partial charge is 0.378 e. The van der Waals surface area contributed by atoms with E-state index in [9.17, 15) is 0 Å². The van der Waals surface area contributed by atoms with Crippen LogP contribution in [0.15, 0.2) is 5.51 Å². The number of aromatic nitrogens is 1. The first-order valence-corrected chi connectivity index (χ1v) is 7.91. The fraction of sp³-hybridized carbons (Fsp3) is 0.786. The van der Waals surface area contributed by atoms with Gasteiger partial charge < -0.3 is 4.74 Å². The molecule has 1 aromatic rings. The monoisotopic (exact) mass is 266 g/mol. The molecular weight excluding hydrogens is 244 g/mol. The fourth-order valence-corrected chi connectivity index (χ4v) is 3.69. The summed E-state index contributed by atoms with van der Waals surface area (Å²) in [4.78, 5) is 8.40. The normalized spacial score (nSPS) is 26.2. The Balaban J connectivity index is 1.61. The molecule has 3 nitrogen and oxygen atoms in total. The van der Waals surface area contributed by atoms with Gasteiger partial charge in [-0.3, -0.25) is 4.90 Å². The molecular formula is C14H22N2OS. The van der Waals surface area contributed by atoms with E-state index < -0.39 is 0 Å². The molecule has 0 bridgehead atoms. The Kier molecular flexibility index (Phi) is 3.97. The van der Waals surface area contributed by atoms with Crippen molar-refractivity contribution in [1.29, 1.82) is 0 Å². The second kappa shape index (κ2) is 5.68. The quantitative estimate of drug-likeness (QED) is 0.838. The van der Waals surface area contributed by atoms with Crippen LogP contribution in [-0.4, -0.2) is 35.7 Å². The van der Waals surface area contributed by atoms with Gasteiger partial charge in [-0.25, -0.2) is 4.98 Å². The maximum absolute atomic E-state index is 5.68. The average molecular weight is 266 g/mol. The lowest BCUT2D eigenvalue weighted by Crippen LogP contribution is -2.46. The van der Waals surface area contributed by atoms with Gasteiger partial charge >= 0.3 is 0 Å². The van der Waals surface area contributed by atoms with E-state index in [1.54, 1.807) is 11.3 Å². The van der Waals surface area contributed by atoms with Gasteiger partial charge in [-0.2, -0.15) is 0 Å². The predicted octanol–water partition coefficient (Wildman–Crippen LogP) is 2.84. The maximum atomic E-state index is 5.68. The van der Waals surface area contributed by atoms with E-state index in [2.05, 4.69) is 16.8 Å². The molecule has 4 heteroatoms. The van der Waals surface area contributed by atoms with Crippen molar-refractivity contribution in [2.75, 3.05) is 19.8 Å². The van der Waals surface area contributed by atoms with Crippen LogP contribution in [0.5, 0.6) is 0 Å². The van der Waals surface area contributed by atoms with Crippen molar-refractivity contribution >= 4 is 11.3 Å². The van der Waals surface area contributed by atoms with Crippen LogP contribution in [0.25, 0.3) is 0 Å². The van der Waals surface area contributed by atoms with Crippen LogP contribution < -0.4 is 0 Å². The number of nitrogens with zero attached hydrogens (tertiary/aromatic N) is 2. The first-order chi connectivity index (χ1) is 8.83. The van der Waals surface area contributed by atoms with Gasteiger partial charge in [0.2, 0.25) is 0 Å². The Morgan fingerprint density at radius 1 is 1.50 bits per heavy atom. The Morgan fingerprint density at radius 2 is 2.39 bits per heavy atom. The van der Waals surface area contributed by atoms with Crippen molar-refractivity contribution in [2.45, 2.75) is 45.2 Å². The van der Waals surface area contributed by atoms with E-state index in [1.165, 1.54) is 36.3 Å². The molecule has 3 rings (SSSR count). The second-order valence-corrected chi connectivity index (χ2v) is 6.53. The summed E-state index contributed by atoms with van der Waals surface area (Å²) in [6, 6.07) is 0.630. The molecule has 1 aromatic heterocycles. The van der Waals surface area contributed by atoms with E-state index in [0.717, 1.165) is 32.2 Å². The van der Waals surface area contributed by atoms with Gasteiger partial charge in [0, 0.05) is 24.0 Å². The number of rotatable bonds is 4. The van der Waals surface area contributed by atoms with Crippen molar-refractivity contribution in [3.8, 4) is 0 Å². The zero-order valence-electron chi connectivity index (χ0n) is 11.1. The van der Waals surface area contributed by atoms with Crippen LogP contribution in [0.4, 0.5) is 0 Å². The topological polar surface area (TPSA) is 25.4 Å². The summed E-state index contributed by atoms with van der Waals surface area (Å²) in [6.07, 6.45) is 5.64. The van der Waals surface area contributed by atoms with E-state index in [1.807, 2.05) is 5.51 Å². The summed E-state index contributed by atoms with van der Waals surface area (Å²) < 4.78 is 5.68. The lowest BCUT2D eigenvalue weighted by atomic mass is 9.80. The van der Waals surface area contributed by atoms with E-state index in [-0.39, 0.29) is 0 Å². The van der Waals surface area contributed by atoms with Crippen molar-refractivity contribution in [3.05, 3.63) is 16.1 Å². The Morgan fingerprint density at radius 3 is 3.06 bits per heavy atom. The Bertz CT molecular complexity index is 389. The number of hydrogen-bond donors (Lipinski definition) is 0. The molecule has 1 aliphatic heterocycles. The number of hydrogen-bond acceptors (Lipinski definition) is 4. The highest BCUT2D eigenvalue weighted by atomic mass is 32.1. The zero-order chi connectivity index (χ0) is 12.4. The minimum Gasteiger partial charge on any atom is -0.378 e. The first-order valence-electron chi connectivity index (χ1n) is 7.03. The molecule has 1 unspecified atom stereocenters. The average Bonchev–Trinajstić information content (AvgIpc) is 2.72. The molecule has 0 spiro atoms. The third-order valence-electron chi connectivity index (χ3n) is 4.37. The molecule has 0 amide bonds. The smallest absolute Gasteiger partial charge is 0.0798 e. The maximum Gasteiger partial charge on any atom is 0.0798 e. The Labute approximate surface area is 113 Å². The summed E-state index contributed by atoms with van der Waals surface area (Å²) in [5.74, 6) is 0.960. The lowest BCUT2D eigenvalue weighted by molar-refractivity contribution is -0.0241. The summed E-state index contributed by atoms with van der Waals surface area (Å²) in [6.45, 7) is 6.08. The molecule has 18 heavy (non-hydrogen) atoms. The van der Waals surface area contributed by atoms with Crippen LogP contribution in [0.3, 0.4) is 0 Å². The highest BCUT2D eigenvalue weighted by molar-refractivity contribution is 7.09. The zero-order valence-corrected chi connectivity index (χ0v) is 11.9. The fourth-order valence-electron chi connectivity index (χ4n) is 2.89. The van der Waals surface area contributed by atoms with Crippen molar-refractivity contribution in [2.24, 2.45) is 5.92 Å². The molecule has 0 N–H and O–H groups in total. The van der Waals surface area contributed by atoms with E-state index >= 15 is 0 Å². The molecule has 1 saturated carbocycles. The van der Waals surface area contributed by atoms with Gasteiger partial charge in [-0.1, -0.05) is 19.3 Å². The van der Waals surface area contributed by atoms with Gasteiger partial charge in [0.05, 0.1) is 24.4 Å². The number of thiazole rings is 1. The van der Waals surface area contributed by atoms with Gasteiger partial charge in [-0.05, 0) is 19.3 Å². The van der Waals surface area contributed by atoms with Crippen LogP contribution in [0.1, 0.15) is 36.3 Å². The second-order valence-electron chi connectivity index (χ2n) is 5.59. The summed E-state index contributed by atoms with van der Waals surface area (Å²) in [5, 5.41) is 0.